The maximum absolute atomic E-state index is 10.5. The van der Waals surface area contributed by atoms with Gasteiger partial charge in [-0.3, -0.25) is 0 Å². The molecular weight excluding hydrogens is 208 g/mol. The molecular formula is C11H16N2O3. The van der Waals surface area contributed by atoms with Crippen molar-refractivity contribution in [2.45, 2.75) is 32.6 Å². The number of carbonyl (C=O) groups is 1. The van der Waals surface area contributed by atoms with Gasteiger partial charge in [0.15, 0.2) is 0 Å². The average molecular weight is 224 g/mol. The number of carboxylic acids is 1. The molecule has 1 aromatic rings. The van der Waals surface area contributed by atoms with Gasteiger partial charge in [0.25, 0.3) is 0 Å². The Bertz CT molecular complexity index is 325. The number of hydrogen-bond acceptors (Lipinski definition) is 4. The molecule has 16 heavy (non-hydrogen) atoms. The molecule has 0 aromatic carbocycles. The Hall–Kier alpha value is -1.65. The SMILES string of the molecule is CCCCCCOc1ncc(C(=O)O)cn1. The van der Waals surface area contributed by atoms with E-state index in [1.165, 1.54) is 25.2 Å². The third-order valence-corrected chi connectivity index (χ3v) is 2.10. The number of aromatic nitrogens is 2. The second-order valence-electron chi connectivity index (χ2n) is 3.47. The first-order chi connectivity index (χ1) is 7.74. The third-order valence-electron chi connectivity index (χ3n) is 2.10. The average Bonchev–Trinajstić information content (AvgIpc) is 2.29. The van der Waals surface area contributed by atoms with Gasteiger partial charge in [0.1, 0.15) is 0 Å². The van der Waals surface area contributed by atoms with Crippen molar-refractivity contribution in [2.75, 3.05) is 6.61 Å². The number of unbranched alkanes of at least 4 members (excludes halogenated alkanes) is 3. The molecule has 88 valence electrons. The van der Waals surface area contributed by atoms with E-state index in [4.69, 9.17) is 9.84 Å². The van der Waals surface area contributed by atoms with Crippen LogP contribution < -0.4 is 4.74 Å². The number of ether oxygens (including phenoxy) is 1. The quantitative estimate of drug-likeness (QED) is 0.718. The first-order valence-corrected chi connectivity index (χ1v) is 5.42. The summed E-state index contributed by atoms with van der Waals surface area (Å²) >= 11 is 0. The van der Waals surface area contributed by atoms with Crippen LogP contribution in [0, 0.1) is 0 Å². The van der Waals surface area contributed by atoms with Crippen LogP contribution in [-0.4, -0.2) is 27.7 Å². The predicted octanol–water partition coefficient (Wildman–Crippen LogP) is 2.13. The van der Waals surface area contributed by atoms with Gasteiger partial charge in [0, 0.05) is 12.4 Å². The van der Waals surface area contributed by atoms with Crippen molar-refractivity contribution in [1.29, 1.82) is 0 Å². The van der Waals surface area contributed by atoms with E-state index in [0.717, 1.165) is 12.8 Å². The number of nitrogens with zero attached hydrogens (tertiary/aromatic N) is 2. The highest BCUT2D eigenvalue weighted by Crippen LogP contribution is 2.04. The van der Waals surface area contributed by atoms with Gasteiger partial charge in [-0.25, -0.2) is 14.8 Å². The summed E-state index contributed by atoms with van der Waals surface area (Å²) in [7, 11) is 0. The highest BCUT2D eigenvalue weighted by Gasteiger charge is 2.04. The Morgan fingerprint density at radius 2 is 2.00 bits per heavy atom. The van der Waals surface area contributed by atoms with Gasteiger partial charge < -0.3 is 9.84 Å². The van der Waals surface area contributed by atoms with Crippen molar-refractivity contribution in [1.82, 2.24) is 9.97 Å². The lowest BCUT2D eigenvalue weighted by atomic mass is 10.2. The van der Waals surface area contributed by atoms with Crippen LogP contribution in [0.15, 0.2) is 12.4 Å². The monoisotopic (exact) mass is 224 g/mol. The number of rotatable bonds is 7. The number of carboxylic acid groups (broad SMARTS) is 1. The molecule has 0 amide bonds. The maximum Gasteiger partial charge on any atom is 0.338 e. The van der Waals surface area contributed by atoms with Crippen LogP contribution in [0.3, 0.4) is 0 Å². The van der Waals surface area contributed by atoms with Crippen LogP contribution in [0.2, 0.25) is 0 Å². The van der Waals surface area contributed by atoms with Gasteiger partial charge in [-0.05, 0) is 6.42 Å². The Labute approximate surface area is 94.5 Å². The summed E-state index contributed by atoms with van der Waals surface area (Å²) < 4.78 is 5.27. The van der Waals surface area contributed by atoms with Crippen molar-refractivity contribution >= 4 is 5.97 Å². The zero-order valence-electron chi connectivity index (χ0n) is 9.35. The van der Waals surface area contributed by atoms with Crippen molar-refractivity contribution in [3.63, 3.8) is 0 Å². The first kappa shape index (κ1) is 12.4. The highest BCUT2D eigenvalue weighted by molar-refractivity contribution is 5.86. The van der Waals surface area contributed by atoms with E-state index in [2.05, 4.69) is 16.9 Å². The van der Waals surface area contributed by atoms with E-state index in [1.807, 2.05) is 0 Å². The largest absolute Gasteiger partial charge is 0.478 e. The lowest BCUT2D eigenvalue weighted by Crippen LogP contribution is -2.03. The van der Waals surface area contributed by atoms with Crippen LogP contribution in [0.5, 0.6) is 6.01 Å². The van der Waals surface area contributed by atoms with Crippen LogP contribution >= 0.6 is 0 Å². The topological polar surface area (TPSA) is 72.3 Å². The van der Waals surface area contributed by atoms with Crippen LogP contribution in [-0.2, 0) is 0 Å². The van der Waals surface area contributed by atoms with Gasteiger partial charge in [-0.2, -0.15) is 0 Å². The van der Waals surface area contributed by atoms with Gasteiger partial charge in [-0.15, -0.1) is 0 Å². The minimum atomic E-state index is -1.03. The Morgan fingerprint density at radius 3 is 2.56 bits per heavy atom. The van der Waals surface area contributed by atoms with Gasteiger partial charge >= 0.3 is 12.0 Å². The van der Waals surface area contributed by atoms with Crippen molar-refractivity contribution in [3.05, 3.63) is 18.0 Å². The second-order valence-corrected chi connectivity index (χ2v) is 3.47. The fourth-order valence-electron chi connectivity index (χ4n) is 1.19. The highest BCUT2D eigenvalue weighted by atomic mass is 16.5. The van der Waals surface area contributed by atoms with Gasteiger partial charge in [0.05, 0.1) is 12.2 Å². The standard InChI is InChI=1S/C11H16N2O3/c1-2-3-4-5-6-16-11-12-7-9(8-13-11)10(14)15/h7-8H,2-6H2,1H3,(H,14,15). The summed E-state index contributed by atoms with van der Waals surface area (Å²) in [5, 5.41) is 8.63. The lowest BCUT2D eigenvalue weighted by Gasteiger charge is -2.03. The zero-order chi connectivity index (χ0) is 11.8. The third kappa shape index (κ3) is 4.25. The fourth-order valence-corrected chi connectivity index (χ4v) is 1.19. The normalized spacial score (nSPS) is 10.1. The molecule has 0 bridgehead atoms. The van der Waals surface area contributed by atoms with Gasteiger partial charge in [0.2, 0.25) is 0 Å². The Kier molecular flexibility index (Phi) is 5.25. The molecule has 0 aliphatic rings. The molecule has 0 unspecified atom stereocenters. The fraction of sp³-hybridized carbons (Fsp3) is 0.545. The maximum atomic E-state index is 10.5. The molecule has 1 rings (SSSR count). The van der Waals surface area contributed by atoms with E-state index in [-0.39, 0.29) is 11.6 Å². The minimum absolute atomic E-state index is 0.0679. The van der Waals surface area contributed by atoms with Crippen molar-refractivity contribution < 1.29 is 14.6 Å². The van der Waals surface area contributed by atoms with Crippen LogP contribution in [0.1, 0.15) is 43.0 Å². The molecule has 0 saturated heterocycles. The van der Waals surface area contributed by atoms with Crippen LogP contribution in [0.25, 0.3) is 0 Å². The molecule has 1 heterocycles. The van der Waals surface area contributed by atoms with E-state index in [9.17, 15) is 4.79 Å². The molecule has 5 heteroatoms. The molecule has 0 aliphatic carbocycles. The second kappa shape index (κ2) is 6.76. The molecule has 0 radical (unpaired) electrons. The molecule has 5 nitrogen and oxygen atoms in total. The van der Waals surface area contributed by atoms with Crippen molar-refractivity contribution in [3.8, 4) is 6.01 Å². The summed E-state index contributed by atoms with van der Waals surface area (Å²) in [6.07, 6.45) is 6.97. The molecule has 0 spiro atoms. The van der Waals surface area contributed by atoms with E-state index in [0.29, 0.717) is 6.61 Å². The first-order valence-electron chi connectivity index (χ1n) is 5.42. The molecule has 0 aliphatic heterocycles. The van der Waals surface area contributed by atoms with E-state index >= 15 is 0 Å². The summed E-state index contributed by atoms with van der Waals surface area (Å²) in [5.74, 6) is -1.03. The minimum Gasteiger partial charge on any atom is -0.478 e. The number of hydrogen-bond donors (Lipinski definition) is 1. The Morgan fingerprint density at radius 1 is 1.31 bits per heavy atom. The van der Waals surface area contributed by atoms with Gasteiger partial charge in [-0.1, -0.05) is 26.2 Å². The summed E-state index contributed by atoms with van der Waals surface area (Å²) in [4.78, 5) is 18.1. The van der Waals surface area contributed by atoms with Crippen molar-refractivity contribution in [2.24, 2.45) is 0 Å². The lowest BCUT2D eigenvalue weighted by molar-refractivity contribution is 0.0695. The predicted molar refractivity (Wildman–Crippen MR) is 58.6 cm³/mol. The summed E-state index contributed by atoms with van der Waals surface area (Å²) in [6, 6.07) is 0.237. The smallest absolute Gasteiger partial charge is 0.338 e. The summed E-state index contributed by atoms with van der Waals surface area (Å²) in [6.45, 7) is 2.72. The number of aromatic carboxylic acids is 1. The molecule has 0 atom stereocenters. The molecule has 0 saturated carbocycles. The van der Waals surface area contributed by atoms with E-state index in [1.54, 1.807) is 0 Å². The molecule has 0 fully saturated rings. The molecule has 1 N–H and O–H groups in total. The Balaban J connectivity index is 2.29. The molecule has 1 aromatic heterocycles. The zero-order valence-corrected chi connectivity index (χ0v) is 9.35. The summed E-state index contributed by atoms with van der Waals surface area (Å²) in [5.41, 5.74) is 0.0679. The van der Waals surface area contributed by atoms with Crippen LogP contribution in [0.4, 0.5) is 0 Å². The van der Waals surface area contributed by atoms with E-state index < -0.39 is 5.97 Å².